The van der Waals surface area contributed by atoms with Gasteiger partial charge in [-0.2, -0.15) is 4.98 Å². The fourth-order valence-corrected chi connectivity index (χ4v) is 6.91. The third kappa shape index (κ3) is 2.75. The summed E-state index contributed by atoms with van der Waals surface area (Å²) in [5.74, 6) is 0.868. The standard InChI is InChI=1S/C20H18N2OS3/c1-12-6-8-14(9-7-12)24-10-13-11-25-20-21-18(23)17-15-4-2-3-5-16(15)26-19(17)22(13)20/h6-10H,2-5,11H2,1H3. The number of aromatic nitrogens is 2. The Morgan fingerprint density at radius 2 is 2.00 bits per heavy atom. The molecule has 0 radical (unpaired) electrons. The van der Waals surface area contributed by atoms with E-state index in [4.69, 9.17) is 0 Å². The number of thiophene rings is 1. The van der Waals surface area contributed by atoms with Crippen LogP contribution in [0.1, 0.15) is 28.8 Å². The Labute approximate surface area is 164 Å². The van der Waals surface area contributed by atoms with Gasteiger partial charge in [0.25, 0.3) is 5.56 Å². The smallest absolute Gasteiger partial charge is 0.282 e. The zero-order valence-corrected chi connectivity index (χ0v) is 16.9. The molecule has 132 valence electrons. The van der Waals surface area contributed by atoms with Gasteiger partial charge in [-0.15, -0.1) is 11.3 Å². The van der Waals surface area contributed by atoms with E-state index >= 15 is 0 Å². The Morgan fingerprint density at radius 3 is 2.85 bits per heavy atom. The summed E-state index contributed by atoms with van der Waals surface area (Å²) in [7, 11) is 0. The van der Waals surface area contributed by atoms with Crippen LogP contribution in [-0.2, 0) is 12.8 Å². The SMILES string of the molecule is Cc1ccc(SC=C2CSc3nc(=O)c4c5c(sc4n32)CCCC5)cc1. The van der Waals surface area contributed by atoms with Gasteiger partial charge < -0.3 is 0 Å². The summed E-state index contributed by atoms with van der Waals surface area (Å²) in [5.41, 5.74) is 3.74. The molecule has 0 bridgehead atoms. The maximum atomic E-state index is 12.6. The zero-order valence-electron chi connectivity index (χ0n) is 14.4. The molecule has 26 heavy (non-hydrogen) atoms. The molecule has 2 aliphatic rings. The Morgan fingerprint density at radius 1 is 1.19 bits per heavy atom. The first kappa shape index (κ1) is 16.7. The van der Waals surface area contributed by atoms with E-state index in [0.717, 1.165) is 34.0 Å². The first-order chi connectivity index (χ1) is 12.7. The first-order valence-corrected chi connectivity index (χ1v) is 11.5. The molecule has 3 heterocycles. The van der Waals surface area contributed by atoms with Crippen molar-refractivity contribution in [2.45, 2.75) is 42.7 Å². The average Bonchev–Trinajstić information content (AvgIpc) is 3.22. The van der Waals surface area contributed by atoms with E-state index in [1.807, 2.05) is 0 Å². The van der Waals surface area contributed by atoms with Gasteiger partial charge >= 0.3 is 0 Å². The highest BCUT2D eigenvalue weighted by atomic mass is 32.2. The fourth-order valence-electron chi connectivity index (χ4n) is 3.60. The average molecular weight is 399 g/mol. The van der Waals surface area contributed by atoms with E-state index in [1.165, 1.54) is 39.4 Å². The van der Waals surface area contributed by atoms with Crippen LogP contribution in [0.4, 0.5) is 0 Å². The molecule has 1 aliphatic carbocycles. The first-order valence-electron chi connectivity index (χ1n) is 8.83. The van der Waals surface area contributed by atoms with Crippen LogP contribution in [0.2, 0.25) is 0 Å². The van der Waals surface area contributed by atoms with Gasteiger partial charge in [0, 0.05) is 21.2 Å². The molecule has 0 saturated carbocycles. The summed E-state index contributed by atoms with van der Waals surface area (Å²) in [6, 6.07) is 8.59. The highest BCUT2D eigenvalue weighted by Crippen LogP contribution is 2.41. The molecule has 0 fully saturated rings. The highest BCUT2D eigenvalue weighted by Gasteiger charge is 2.26. The van der Waals surface area contributed by atoms with Gasteiger partial charge in [0.15, 0.2) is 5.16 Å². The number of thioether (sulfide) groups is 2. The Balaban J connectivity index is 1.61. The minimum Gasteiger partial charge on any atom is -0.282 e. The summed E-state index contributed by atoms with van der Waals surface area (Å²) in [4.78, 5) is 20.8. The fraction of sp³-hybridized carbons (Fsp3) is 0.300. The van der Waals surface area contributed by atoms with E-state index in [9.17, 15) is 4.79 Å². The largest absolute Gasteiger partial charge is 0.282 e. The van der Waals surface area contributed by atoms with E-state index in [2.05, 4.69) is 46.1 Å². The number of benzene rings is 1. The molecular formula is C20H18N2OS3. The number of nitrogens with zero attached hydrogens (tertiary/aromatic N) is 2. The topological polar surface area (TPSA) is 34.9 Å². The molecule has 3 aromatic rings. The Kier molecular flexibility index (Phi) is 4.22. The lowest BCUT2D eigenvalue weighted by Gasteiger charge is -2.09. The van der Waals surface area contributed by atoms with Crippen molar-refractivity contribution in [3.63, 3.8) is 0 Å². The number of hydrogen-bond donors (Lipinski definition) is 0. The predicted octanol–water partition coefficient (Wildman–Crippen LogP) is 5.34. The molecule has 0 N–H and O–H groups in total. The van der Waals surface area contributed by atoms with Crippen molar-refractivity contribution in [3.05, 3.63) is 56.0 Å². The Hall–Kier alpha value is -1.50. The van der Waals surface area contributed by atoms with Crippen molar-refractivity contribution in [1.29, 1.82) is 0 Å². The second-order valence-electron chi connectivity index (χ2n) is 6.75. The van der Waals surface area contributed by atoms with Gasteiger partial charge in [-0.1, -0.05) is 41.2 Å². The van der Waals surface area contributed by atoms with Gasteiger partial charge in [0.2, 0.25) is 0 Å². The molecule has 1 aromatic carbocycles. The van der Waals surface area contributed by atoms with E-state index in [0.29, 0.717) is 0 Å². The van der Waals surface area contributed by atoms with Crippen LogP contribution < -0.4 is 5.56 Å². The number of hydrogen-bond acceptors (Lipinski definition) is 5. The van der Waals surface area contributed by atoms with Gasteiger partial charge in [0.05, 0.1) is 5.39 Å². The van der Waals surface area contributed by atoms with E-state index < -0.39 is 0 Å². The Bertz CT molecular complexity index is 1090. The lowest BCUT2D eigenvalue weighted by molar-refractivity contribution is 0.699. The van der Waals surface area contributed by atoms with Crippen LogP contribution in [0.15, 0.2) is 44.5 Å². The summed E-state index contributed by atoms with van der Waals surface area (Å²) >= 11 is 5.21. The molecule has 0 amide bonds. The third-order valence-electron chi connectivity index (χ3n) is 4.95. The molecule has 0 saturated heterocycles. The van der Waals surface area contributed by atoms with Gasteiger partial charge in [-0.3, -0.25) is 9.36 Å². The van der Waals surface area contributed by atoms with Crippen LogP contribution in [-0.4, -0.2) is 15.3 Å². The van der Waals surface area contributed by atoms with Crippen LogP contribution in [0.5, 0.6) is 0 Å². The van der Waals surface area contributed by atoms with Crippen molar-refractivity contribution in [2.75, 3.05) is 5.75 Å². The minimum absolute atomic E-state index is 0.0365. The molecule has 0 unspecified atom stereocenters. The molecule has 6 heteroatoms. The quantitative estimate of drug-likeness (QED) is 0.431. The van der Waals surface area contributed by atoms with Gasteiger partial charge in [0.1, 0.15) is 4.83 Å². The summed E-state index contributed by atoms with van der Waals surface area (Å²) in [6.45, 7) is 2.11. The zero-order chi connectivity index (χ0) is 17.7. The maximum Gasteiger partial charge on any atom is 0.282 e. The van der Waals surface area contributed by atoms with Crippen molar-refractivity contribution in [1.82, 2.24) is 9.55 Å². The normalized spacial score (nSPS) is 17.7. The summed E-state index contributed by atoms with van der Waals surface area (Å²) in [6.07, 6.45) is 4.54. The monoisotopic (exact) mass is 398 g/mol. The van der Waals surface area contributed by atoms with Crippen LogP contribution >= 0.6 is 34.9 Å². The second-order valence-corrected chi connectivity index (χ2v) is 9.72. The van der Waals surface area contributed by atoms with Crippen LogP contribution in [0.25, 0.3) is 15.9 Å². The lowest BCUT2D eigenvalue weighted by Crippen LogP contribution is -2.13. The van der Waals surface area contributed by atoms with Crippen molar-refractivity contribution in [3.8, 4) is 0 Å². The minimum atomic E-state index is -0.0365. The van der Waals surface area contributed by atoms with Crippen molar-refractivity contribution >= 4 is 50.8 Å². The molecule has 3 nitrogen and oxygen atoms in total. The summed E-state index contributed by atoms with van der Waals surface area (Å²) < 4.78 is 2.23. The van der Waals surface area contributed by atoms with Crippen LogP contribution in [0.3, 0.4) is 0 Å². The molecule has 2 aromatic heterocycles. The lowest BCUT2D eigenvalue weighted by atomic mass is 9.97. The highest BCUT2D eigenvalue weighted by molar-refractivity contribution is 8.02. The van der Waals surface area contributed by atoms with E-state index in [1.54, 1.807) is 34.9 Å². The number of rotatable bonds is 2. The number of aryl methyl sites for hydroxylation is 3. The van der Waals surface area contributed by atoms with Crippen molar-refractivity contribution in [2.24, 2.45) is 0 Å². The maximum absolute atomic E-state index is 12.6. The van der Waals surface area contributed by atoms with Gasteiger partial charge in [-0.05, 0) is 55.7 Å². The molecule has 0 atom stereocenters. The molecule has 1 aliphatic heterocycles. The molecule has 0 spiro atoms. The van der Waals surface area contributed by atoms with Crippen molar-refractivity contribution < 1.29 is 0 Å². The van der Waals surface area contributed by atoms with Crippen LogP contribution in [0, 0.1) is 6.92 Å². The molecular weight excluding hydrogens is 380 g/mol. The third-order valence-corrected chi connectivity index (χ3v) is 8.13. The summed E-state index contributed by atoms with van der Waals surface area (Å²) in [5, 5.41) is 3.94. The second kappa shape index (κ2) is 6.59. The molecule has 5 rings (SSSR count). The number of fused-ring (bicyclic) bond motifs is 5. The van der Waals surface area contributed by atoms with E-state index in [-0.39, 0.29) is 5.56 Å². The van der Waals surface area contributed by atoms with Gasteiger partial charge in [-0.25, -0.2) is 0 Å². The predicted molar refractivity (Wildman–Crippen MR) is 113 cm³/mol.